The number of H-pyrrole nitrogens is 1. The molecule has 3 N–H and O–H groups in total. The van der Waals surface area contributed by atoms with Crippen LogP contribution >= 0.6 is 0 Å². The van der Waals surface area contributed by atoms with Gasteiger partial charge in [-0.05, 0) is 24.6 Å². The average molecular weight is 340 g/mol. The fraction of sp³-hybridized carbons (Fsp3) is 0.444. The van der Waals surface area contributed by atoms with E-state index in [-0.39, 0.29) is 0 Å². The first-order valence-electron chi connectivity index (χ1n) is 8.81. The number of pyridine rings is 1. The number of nitrogens with two attached hydrogens (primary N) is 1. The van der Waals surface area contributed by atoms with Crippen molar-refractivity contribution < 1.29 is 4.74 Å². The number of fused-ring (bicyclic) bond motifs is 1. The highest BCUT2D eigenvalue weighted by molar-refractivity contribution is 5.88. The Morgan fingerprint density at radius 1 is 1.28 bits per heavy atom. The summed E-state index contributed by atoms with van der Waals surface area (Å²) in [5.74, 6) is 0.617. The van der Waals surface area contributed by atoms with E-state index in [1.165, 1.54) is 0 Å². The van der Waals surface area contributed by atoms with Crippen molar-refractivity contribution in [3.05, 3.63) is 35.8 Å². The van der Waals surface area contributed by atoms with E-state index in [4.69, 9.17) is 10.5 Å². The van der Waals surface area contributed by atoms with Gasteiger partial charge in [0, 0.05) is 49.5 Å². The molecule has 0 saturated carbocycles. The monoisotopic (exact) mass is 340 g/mol. The number of ether oxygens (including phenoxy) is 1. The molecule has 4 rings (SSSR count). The van der Waals surface area contributed by atoms with Crippen LogP contribution in [0, 0.1) is 0 Å². The van der Waals surface area contributed by atoms with Crippen molar-refractivity contribution in [2.45, 2.75) is 6.42 Å². The number of aliphatic imine (C=N–C) groups is 1. The first-order valence-corrected chi connectivity index (χ1v) is 8.81. The molecule has 132 valence electrons. The Bertz CT molecular complexity index is 790. The molecule has 0 aromatic carbocycles. The van der Waals surface area contributed by atoms with Crippen molar-refractivity contribution in [1.29, 1.82) is 0 Å². The highest BCUT2D eigenvalue weighted by Gasteiger charge is 2.19. The first kappa shape index (κ1) is 16.1. The van der Waals surface area contributed by atoms with Crippen LogP contribution in [-0.2, 0) is 4.74 Å². The van der Waals surface area contributed by atoms with Crippen molar-refractivity contribution in [1.82, 2.24) is 19.8 Å². The maximum absolute atomic E-state index is 6.11. The molecule has 2 aromatic heterocycles. The van der Waals surface area contributed by atoms with Crippen LogP contribution in [0.2, 0.25) is 0 Å². The molecule has 0 amide bonds. The summed E-state index contributed by atoms with van der Waals surface area (Å²) in [4.78, 5) is 16.6. The van der Waals surface area contributed by atoms with Crippen LogP contribution in [0.15, 0.2) is 35.2 Å². The normalized spacial score (nSPS) is 20.6. The molecule has 0 atom stereocenters. The predicted molar refractivity (Wildman–Crippen MR) is 99.1 cm³/mol. The molecular formula is C18H24N6O. The summed E-state index contributed by atoms with van der Waals surface area (Å²) in [5.41, 5.74) is 9.10. The number of guanidine groups is 1. The van der Waals surface area contributed by atoms with Crippen LogP contribution in [0.25, 0.3) is 17.1 Å². The fourth-order valence-electron chi connectivity index (χ4n) is 3.39. The standard InChI is InChI=1S/C18H24N6O/c19-18-22-15(11-14-12-21-17-16(14)3-1-4-20-17)13-24(18)6-2-5-23-7-9-25-10-8-23/h1,3-4,11-12H,2,5-10,13H2,(H2,19,22)(H,20,21)/b15-11-. The number of hydrogen-bond donors (Lipinski definition) is 2. The summed E-state index contributed by atoms with van der Waals surface area (Å²) in [6, 6.07) is 4.01. The molecule has 0 unspecified atom stereocenters. The molecule has 1 fully saturated rings. The molecule has 7 nitrogen and oxygen atoms in total. The van der Waals surface area contributed by atoms with Gasteiger partial charge in [0.25, 0.3) is 0 Å². The van der Waals surface area contributed by atoms with E-state index in [0.29, 0.717) is 5.96 Å². The lowest BCUT2D eigenvalue weighted by Crippen LogP contribution is -2.39. The van der Waals surface area contributed by atoms with E-state index >= 15 is 0 Å². The summed E-state index contributed by atoms with van der Waals surface area (Å²) in [6.45, 7) is 6.54. The molecule has 4 heterocycles. The van der Waals surface area contributed by atoms with Gasteiger partial charge in [0.15, 0.2) is 5.96 Å². The number of nitrogens with one attached hydrogen (secondary N) is 1. The van der Waals surface area contributed by atoms with Crippen LogP contribution < -0.4 is 5.73 Å². The van der Waals surface area contributed by atoms with Gasteiger partial charge < -0.3 is 20.4 Å². The van der Waals surface area contributed by atoms with Crippen LogP contribution in [0.1, 0.15) is 12.0 Å². The Balaban J connectivity index is 1.36. The van der Waals surface area contributed by atoms with Crippen LogP contribution in [-0.4, -0.2) is 71.7 Å². The Kier molecular flexibility index (Phi) is 4.67. The smallest absolute Gasteiger partial charge is 0.196 e. The second kappa shape index (κ2) is 7.25. The Hall–Kier alpha value is -2.38. The van der Waals surface area contributed by atoms with E-state index in [1.54, 1.807) is 6.20 Å². The molecule has 0 radical (unpaired) electrons. The van der Waals surface area contributed by atoms with Gasteiger partial charge in [-0.3, -0.25) is 4.90 Å². The highest BCUT2D eigenvalue weighted by Crippen LogP contribution is 2.21. The van der Waals surface area contributed by atoms with Crippen molar-refractivity contribution in [2.24, 2.45) is 10.7 Å². The third-order valence-corrected chi connectivity index (χ3v) is 4.75. The van der Waals surface area contributed by atoms with Crippen molar-refractivity contribution >= 4 is 23.1 Å². The third-order valence-electron chi connectivity index (χ3n) is 4.75. The van der Waals surface area contributed by atoms with Crippen LogP contribution in [0.4, 0.5) is 0 Å². The van der Waals surface area contributed by atoms with E-state index in [9.17, 15) is 0 Å². The zero-order valence-electron chi connectivity index (χ0n) is 14.3. The predicted octanol–water partition coefficient (Wildman–Crippen LogP) is 1.26. The highest BCUT2D eigenvalue weighted by atomic mass is 16.5. The summed E-state index contributed by atoms with van der Waals surface area (Å²) < 4.78 is 5.39. The minimum absolute atomic E-state index is 0.617. The molecule has 2 aliphatic heterocycles. The lowest BCUT2D eigenvalue weighted by molar-refractivity contribution is 0.0369. The fourth-order valence-corrected chi connectivity index (χ4v) is 3.39. The minimum Gasteiger partial charge on any atom is -0.379 e. The van der Waals surface area contributed by atoms with Gasteiger partial charge in [0.2, 0.25) is 0 Å². The van der Waals surface area contributed by atoms with Gasteiger partial charge >= 0.3 is 0 Å². The summed E-state index contributed by atoms with van der Waals surface area (Å²) in [7, 11) is 0. The lowest BCUT2D eigenvalue weighted by Gasteiger charge is -2.27. The van der Waals surface area contributed by atoms with Gasteiger partial charge in [-0.15, -0.1) is 0 Å². The summed E-state index contributed by atoms with van der Waals surface area (Å²) in [5, 5.41) is 1.11. The number of rotatable bonds is 5. The van der Waals surface area contributed by atoms with E-state index in [1.807, 2.05) is 12.3 Å². The molecule has 7 heteroatoms. The van der Waals surface area contributed by atoms with E-state index < -0.39 is 0 Å². The number of aromatic amines is 1. The van der Waals surface area contributed by atoms with Gasteiger partial charge in [-0.1, -0.05) is 0 Å². The van der Waals surface area contributed by atoms with Crippen molar-refractivity contribution in [3.8, 4) is 0 Å². The molecule has 0 bridgehead atoms. The molecule has 2 aromatic rings. The first-order chi connectivity index (χ1) is 12.3. The molecular weight excluding hydrogens is 316 g/mol. The molecule has 0 spiro atoms. The van der Waals surface area contributed by atoms with Crippen LogP contribution in [0.3, 0.4) is 0 Å². The van der Waals surface area contributed by atoms with Gasteiger partial charge in [-0.25, -0.2) is 9.98 Å². The second-order valence-corrected chi connectivity index (χ2v) is 6.48. The third kappa shape index (κ3) is 3.67. The molecule has 0 aliphatic carbocycles. The number of nitrogens with zero attached hydrogens (tertiary/aromatic N) is 4. The van der Waals surface area contributed by atoms with E-state index in [2.05, 4.69) is 36.9 Å². The number of hydrogen-bond acceptors (Lipinski definition) is 6. The number of morpholine rings is 1. The maximum Gasteiger partial charge on any atom is 0.196 e. The largest absolute Gasteiger partial charge is 0.379 e. The maximum atomic E-state index is 6.11. The summed E-state index contributed by atoms with van der Waals surface area (Å²) in [6.07, 6.45) is 6.94. The van der Waals surface area contributed by atoms with Gasteiger partial charge in [-0.2, -0.15) is 0 Å². The van der Waals surface area contributed by atoms with E-state index in [0.717, 1.165) is 74.7 Å². The summed E-state index contributed by atoms with van der Waals surface area (Å²) >= 11 is 0. The van der Waals surface area contributed by atoms with Crippen molar-refractivity contribution in [3.63, 3.8) is 0 Å². The van der Waals surface area contributed by atoms with Crippen molar-refractivity contribution in [2.75, 3.05) is 45.9 Å². The Morgan fingerprint density at radius 2 is 2.16 bits per heavy atom. The minimum atomic E-state index is 0.617. The average Bonchev–Trinajstić information content (AvgIpc) is 3.20. The van der Waals surface area contributed by atoms with Crippen LogP contribution in [0.5, 0.6) is 0 Å². The molecule has 2 aliphatic rings. The quantitative estimate of drug-likeness (QED) is 0.856. The molecule has 1 saturated heterocycles. The lowest BCUT2D eigenvalue weighted by atomic mass is 10.2. The van der Waals surface area contributed by atoms with Gasteiger partial charge in [0.05, 0.1) is 25.5 Å². The Labute approximate surface area is 147 Å². The topological polar surface area (TPSA) is 82.8 Å². The second-order valence-electron chi connectivity index (χ2n) is 6.48. The SMILES string of the molecule is NC1=N/C(=C\c2c[nH]c3ncccc23)CN1CCCN1CCOCC1. The van der Waals surface area contributed by atoms with Gasteiger partial charge in [0.1, 0.15) is 5.65 Å². The Morgan fingerprint density at radius 3 is 3.04 bits per heavy atom. The zero-order chi connectivity index (χ0) is 17.1. The molecule has 25 heavy (non-hydrogen) atoms. The number of aromatic nitrogens is 2. The zero-order valence-corrected chi connectivity index (χ0v) is 14.3.